The Morgan fingerprint density at radius 2 is 2.21 bits per heavy atom. The Balaban J connectivity index is 2.33. The second kappa shape index (κ2) is 5.85. The Hall–Kier alpha value is -1.86. The van der Waals surface area contributed by atoms with E-state index in [1.54, 1.807) is 0 Å². The molecule has 4 nitrogen and oxygen atoms in total. The lowest BCUT2D eigenvalue weighted by atomic mass is 10.1. The van der Waals surface area contributed by atoms with E-state index in [0.29, 0.717) is 12.5 Å². The van der Waals surface area contributed by atoms with Crippen molar-refractivity contribution in [3.05, 3.63) is 29.8 Å². The van der Waals surface area contributed by atoms with E-state index in [1.165, 1.54) is 0 Å². The van der Waals surface area contributed by atoms with E-state index in [4.69, 9.17) is 5.26 Å². The highest BCUT2D eigenvalue weighted by molar-refractivity contribution is 5.98. The molecule has 1 heterocycles. The van der Waals surface area contributed by atoms with Crippen LogP contribution in [-0.4, -0.2) is 25.0 Å². The zero-order valence-corrected chi connectivity index (χ0v) is 11.4. The molecule has 0 saturated carbocycles. The molecule has 1 N–H and O–H groups in total. The first kappa shape index (κ1) is 13.6. The predicted octanol–water partition coefficient (Wildman–Crippen LogP) is 1.85. The summed E-state index contributed by atoms with van der Waals surface area (Å²) in [6.45, 7) is 5.57. The average Bonchev–Trinajstić information content (AvgIpc) is 2.53. The molecule has 0 aromatic heterocycles. The minimum atomic E-state index is -0.394. The van der Waals surface area contributed by atoms with Gasteiger partial charge in [-0.1, -0.05) is 25.1 Å². The van der Waals surface area contributed by atoms with Gasteiger partial charge in [-0.25, -0.2) is 0 Å². The van der Waals surface area contributed by atoms with Crippen molar-refractivity contribution in [1.82, 2.24) is 5.32 Å². The number of benzene rings is 1. The molecule has 1 aliphatic rings. The maximum Gasteiger partial charge on any atom is 0.245 e. The van der Waals surface area contributed by atoms with Crippen LogP contribution in [0.15, 0.2) is 24.3 Å². The summed E-state index contributed by atoms with van der Waals surface area (Å²) in [5.74, 6) is 0.368. The summed E-state index contributed by atoms with van der Waals surface area (Å²) in [6, 6.07) is 9.58. The van der Waals surface area contributed by atoms with Crippen molar-refractivity contribution in [2.75, 3.05) is 18.0 Å². The van der Waals surface area contributed by atoms with Gasteiger partial charge in [0.25, 0.3) is 0 Å². The van der Waals surface area contributed by atoms with E-state index < -0.39 is 6.04 Å². The summed E-state index contributed by atoms with van der Waals surface area (Å²) in [5, 5.41) is 12.0. The van der Waals surface area contributed by atoms with Crippen LogP contribution in [-0.2, 0) is 4.79 Å². The lowest BCUT2D eigenvalue weighted by Crippen LogP contribution is -2.43. The Bertz CT molecular complexity index is 506. The lowest BCUT2D eigenvalue weighted by molar-refractivity contribution is -0.120. The number of nitriles is 1. The highest BCUT2D eigenvalue weighted by Gasteiger charge is 2.30. The molecule has 1 amide bonds. The van der Waals surface area contributed by atoms with Gasteiger partial charge < -0.3 is 10.2 Å². The first-order valence-electron chi connectivity index (χ1n) is 6.61. The van der Waals surface area contributed by atoms with Crippen molar-refractivity contribution in [2.24, 2.45) is 5.92 Å². The van der Waals surface area contributed by atoms with E-state index >= 15 is 0 Å². The van der Waals surface area contributed by atoms with Crippen molar-refractivity contribution in [1.29, 1.82) is 5.26 Å². The molecule has 4 heteroatoms. The third kappa shape index (κ3) is 2.94. The molecule has 0 radical (unpaired) electrons. The van der Waals surface area contributed by atoms with Gasteiger partial charge >= 0.3 is 0 Å². The van der Waals surface area contributed by atoms with Gasteiger partial charge in [0, 0.05) is 18.8 Å². The zero-order valence-electron chi connectivity index (χ0n) is 11.4. The van der Waals surface area contributed by atoms with Crippen LogP contribution in [0.3, 0.4) is 0 Å². The van der Waals surface area contributed by atoms with Crippen molar-refractivity contribution >= 4 is 11.6 Å². The summed E-state index contributed by atoms with van der Waals surface area (Å²) in [6.07, 6.45) is 0.216. The molecular formula is C15H19N3O. The molecule has 1 aliphatic heterocycles. The maximum atomic E-state index is 12.5. The molecule has 100 valence electrons. The topological polar surface area (TPSA) is 56.1 Å². The summed E-state index contributed by atoms with van der Waals surface area (Å²) < 4.78 is 0. The van der Waals surface area contributed by atoms with Gasteiger partial charge in [-0.2, -0.15) is 5.26 Å². The summed E-state index contributed by atoms with van der Waals surface area (Å²) in [5.41, 5.74) is 2.03. The quantitative estimate of drug-likeness (QED) is 0.879. The Kier molecular flexibility index (Phi) is 4.18. The van der Waals surface area contributed by atoms with Gasteiger partial charge in [-0.3, -0.25) is 4.79 Å². The van der Waals surface area contributed by atoms with Crippen LogP contribution in [0.25, 0.3) is 0 Å². The van der Waals surface area contributed by atoms with Crippen LogP contribution in [0.2, 0.25) is 0 Å². The van der Waals surface area contributed by atoms with E-state index in [9.17, 15) is 4.79 Å². The number of nitrogens with one attached hydrogen (secondary N) is 1. The molecule has 1 saturated heterocycles. The van der Waals surface area contributed by atoms with Crippen molar-refractivity contribution in [2.45, 2.75) is 26.3 Å². The average molecular weight is 257 g/mol. The smallest absolute Gasteiger partial charge is 0.245 e. The van der Waals surface area contributed by atoms with E-state index in [-0.39, 0.29) is 12.3 Å². The third-order valence-corrected chi connectivity index (χ3v) is 3.47. The van der Waals surface area contributed by atoms with Crippen LogP contribution < -0.4 is 10.2 Å². The third-order valence-electron chi connectivity index (χ3n) is 3.47. The van der Waals surface area contributed by atoms with Gasteiger partial charge in [0.2, 0.25) is 5.91 Å². The van der Waals surface area contributed by atoms with Gasteiger partial charge in [0.15, 0.2) is 0 Å². The second-order valence-electron chi connectivity index (χ2n) is 5.16. The van der Waals surface area contributed by atoms with E-state index in [2.05, 4.69) is 18.3 Å². The fourth-order valence-electron chi connectivity index (χ4n) is 2.42. The van der Waals surface area contributed by atoms with Gasteiger partial charge in [0.05, 0.1) is 12.5 Å². The molecule has 2 rings (SSSR count). The highest BCUT2D eigenvalue weighted by Crippen LogP contribution is 2.23. The molecule has 0 bridgehead atoms. The van der Waals surface area contributed by atoms with Crippen molar-refractivity contribution in [3.63, 3.8) is 0 Å². The summed E-state index contributed by atoms with van der Waals surface area (Å²) in [7, 11) is 0. The fraction of sp³-hybridized carbons (Fsp3) is 0.467. The summed E-state index contributed by atoms with van der Waals surface area (Å²) >= 11 is 0. The predicted molar refractivity (Wildman–Crippen MR) is 74.7 cm³/mol. The Morgan fingerprint density at radius 3 is 2.89 bits per heavy atom. The molecule has 1 fully saturated rings. The number of anilines is 1. The molecule has 0 aliphatic carbocycles. The summed E-state index contributed by atoms with van der Waals surface area (Å²) in [4.78, 5) is 14.4. The van der Waals surface area contributed by atoms with Crippen LogP contribution in [0, 0.1) is 24.2 Å². The van der Waals surface area contributed by atoms with Gasteiger partial charge in [-0.15, -0.1) is 0 Å². The second-order valence-corrected chi connectivity index (χ2v) is 5.16. The monoisotopic (exact) mass is 257 g/mol. The number of carbonyl (C=O) groups excluding carboxylic acids is 1. The lowest BCUT2D eigenvalue weighted by Gasteiger charge is -2.26. The zero-order chi connectivity index (χ0) is 13.8. The van der Waals surface area contributed by atoms with Crippen LogP contribution in [0.5, 0.6) is 0 Å². The molecule has 2 atom stereocenters. The van der Waals surface area contributed by atoms with Crippen molar-refractivity contribution in [3.8, 4) is 6.07 Å². The number of para-hydroxylation sites is 1. The number of rotatable bonds is 2. The van der Waals surface area contributed by atoms with Crippen LogP contribution in [0.4, 0.5) is 5.69 Å². The number of hydrogen-bond donors (Lipinski definition) is 1. The van der Waals surface area contributed by atoms with Gasteiger partial charge in [0.1, 0.15) is 6.04 Å². The number of amides is 1. The molecular weight excluding hydrogens is 238 g/mol. The standard InChI is InChI=1S/C15H19N3O/c1-11-9-17-13(7-8-16)15(19)18(10-11)14-6-4-3-5-12(14)2/h3-6,11,13,17H,7,9-10H2,1-2H3. The first-order valence-corrected chi connectivity index (χ1v) is 6.61. The number of carbonyl (C=O) groups is 1. The number of aryl methyl sites for hydroxylation is 1. The first-order chi connectivity index (χ1) is 9.13. The maximum absolute atomic E-state index is 12.5. The minimum absolute atomic E-state index is 0.000185. The fourth-order valence-corrected chi connectivity index (χ4v) is 2.42. The minimum Gasteiger partial charge on any atom is -0.310 e. The molecule has 0 spiro atoms. The molecule has 1 aromatic carbocycles. The van der Waals surface area contributed by atoms with Gasteiger partial charge in [-0.05, 0) is 24.5 Å². The Labute approximate surface area is 114 Å². The Morgan fingerprint density at radius 1 is 1.47 bits per heavy atom. The largest absolute Gasteiger partial charge is 0.310 e. The van der Waals surface area contributed by atoms with Crippen molar-refractivity contribution < 1.29 is 4.79 Å². The number of nitrogens with zero attached hydrogens (tertiary/aromatic N) is 2. The van der Waals surface area contributed by atoms with Crippen LogP contribution >= 0.6 is 0 Å². The molecule has 1 aromatic rings. The number of hydrogen-bond acceptors (Lipinski definition) is 3. The normalized spacial score (nSPS) is 23.8. The molecule has 19 heavy (non-hydrogen) atoms. The molecule has 2 unspecified atom stereocenters. The highest BCUT2D eigenvalue weighted by atomic mass is 16.2. The van der Waals surface area contributed by atoms with E-state index in [1.807, 2.05) is 36.1 Å². The SMILES string of the molecule is Cc1ccccc1N1CC(C)CNC(CC#N)C1=O. The van der Waals surface area contributed by atoms with Crippen LogP contribution in [0.1, 0.15) is 18.9 Å². The van der Waals surface area contributed by atoms with E-state index in [0.717, 1.165) is 17.8 Å².